The maximum Gasteiger partial charge on any atom is 0.324 e. The molecule has 0 aliphatic carbocycles. The monoisotopic (exact) mass is 269 g/mol. The van der Waals surface area contributed by atoms with E-state index < -0.39 is 0 Å². The molecule has 0 saturated carbocycles. The first-order chi connectivity index (χ1) is 9.14. The Morgan fingerprint density at radius 1 is 1.11 bits per heavy atom. The van der Waals surface area contributed by atoms with Crippen molar-refractivity contribution in [2.45, 2.75) is 13.8 Å². The van der Waals surface area contributed by atoms with E-state index in [1.165, 1.54) is 14.2 Å². The first-order valence-electron chi connectivity index (χ1n) is 6.00. The largest absolute Gasteiger partial charge is 0.467 e. The van der Waals surface area contributed by atoms with Crippen LogP contribution < -0.4 is 14.8 Å². The number of nitrogens with one attached hydrogen (secondary N) is 1. The number of nitrogens with zero attached hydrogens (tertiary/aromatic N) is 4. The average molecular weight is 269 g/mol. The summed E-state index contributed by atoms with van der Waals surface area (Å²) >= 11 is 0. The van der Waals surface area contributed by atoms with Gasteiger partial charge in [0, 0.05) is 13.1 Å². The number of carbonyl (C=O) groups excluding carboxylic acids is 1. The smallest absolute Gasteiger partial charge is 0.324 e. The molecule has 0 aromatic carbocycles. The van der Waals surface area contributed by atoms with Gasteiger partial charge in [-0.15, -0.1) is 4.98 Å². The van der Waals surface area contributed by atoms with Gasteiger partial charge in [-0.1, -0.05) is 0 Å². The molecule has 0 atom stereocenters. The van der Waals surface area contributed by atoms with Crippen LogP contribution in [0.3, 0.4) is 0 Å². The molecule has 1 N–H and O–H groups in total. The van der Waals surface area contributed by atoms with E-state index >= 15 is 0 Å². The lowest BCUT2D eigenvalue weighted by atomic mass is 10.4. The van der Waals surface area contributed by atoms with E-state index in [2.05, 4.69) is 20.3 Å². The van der Waals surface area contributed by atoms with Crippen molar-refractivity contribution in [1.82, 2.24) is 19.9 Å². The summed E-state index contributed by atoms with van der Waals surface area (Å²) < 4.78 is 9.83. The van der Waals surface area contributed by atoms with E-state index in [9.17, 15) is 4.79 Å². The quantitative estimate of drug-likeness (QED) is 0.754. The highest BCUT2D eigenvalue weighted by molar-refractivity contribution is 5.80. The van der Waals surface area contributed by atoms with Gasteiger partial charge in [-0.3, -0.25) is 4.79 Å². The zero-order valence-corrected chi connectivity index (χ0v) is 11.6. The van der Waals surface area contributed by atoms with Crippen molar-refractivity contribution in [3.8, 4) is 12.0 Å². The van der Waals surface area contributed by atoms with Gasteiger partial charge in [-0.05, 0) is 13.8 Å². The van der Waals surface area contributed by atoms with Gasteiger partial charge in [-0.25, -0.2) is 0 Å². The van der Waals surface area contributed by atoms with Gasteiger partial charge in [0.2, 0.25) is 11.9 Å². The van der Waals surface area contributed by atoms with Crippen molar-refractivity contribution in [1.29, 1.82) is 0 Å². The Kier molecular flexibility index (Phi) is 5.77. The average Bonchev–Trinajstić information content (AvgIpc) is 2.45. The maximum absolute atomic E-state index is 11.8. The summed E-state index contributed by atoms with van der Waals surface area (Å²) in [6, 6.07) is 0.259. The van der Waals surface area contributed by atoms with E-state index in [1.54, 1.807) is 4.90 Å². The summed E-state index contributed by atoms with van der Waals surface area (Å²) in [5.74, 6) is 0.215. The molecule has 1 heterocycles. The van der Waals surface area contributed by atoms with Crippen LogP contribution in [0.25, 0.3) is 0 Å². The number of hydrogen-bond acceptors (Lipinski definition) is 7. The van der Waals surface area contributed by atoms with Gasteiger partial charge in [0.25, 0.3) is 0 Å². The number of likely N-dealkylation sites (N-methyl/N-ethyl adjacent to an activating group) is 1. The first-order valence-corrected chi connectivity index (χ1v) is 6.00. The summed E-state index contributed by atoms with van der Waals surface area (Å²) in [7, 11) is 2.89. The molecule has 19 heavy (non-hydrogen) atoms. The Labute approximate surface area is 112 Å². The van der Waals surface area contributed by atoms with E-state index in [0.29, 0.717) is 13.1 Å². The number of carbonyl (C=O) groups is 1. The molecule has 1 rings (SSSR count). The SMILES string of the molecule is CCN(CC)C(=O)CNc1nc(OC)nc(OC)n1. The minimum atomic E-state index is -0.0247. The van der Waals surface area contributed by atoms with E-state index in [0.717, 1.165) is 0 Å². The van der Waals surface area contributed by atoms with Gasteiger partial charge >= 0.3 is 12.0 Å². The van der Waals surface area contributed by atoms with Crippen LogP contribution in [0.2, 0.25) is 0 Å². The Bertz CT molecular complexity index is 401. The van der Waals surface area contributed by atoms with E-state index in [4.69, 9.17) is 9.47 Å². The predicted octanol–water partition coefficient (Wildman–Crippen LogP) is 0.169. The highest BCUT2D eigenvalue weighted by Crippen LogP contribution is 2.11. The zero-order chi connectivity index (χ0) is 14.3. The Hall–Kier alpha value is -2.12. The highest BCUT2D eigenvalue weighted by Gasteiger charge is 2.11. The third-order valence-corrected chi connectivity index (χ3v) is 2.47. The summed E-state index contributed by atoms with van der Waals surface area (Å²) in [4.78, 5) is 25.3. The minimum absolute atomic E-state index is 0.0247. The van der Waals surface area contributed by atoms with Gasteiger partial charge in [0.05, 0.1) is 20.8 Å². The predicted molar refractivity (Wildman–Crippen MR) is 69.3 cm³/mol. The molecule has 0 radical (unpaired) electrons. The molecule has 0 aliphatic rings. The molecule has 8 nitrogen and oxygen atoms in total. The third-order valence-electron chi connectivity index (χ3n) is 2.47. The van der Waals surface area contributed by atoms with Crippen molar-refractivity contribution in [3.05, 3.63) is 0 Å². The fourth-order valence-corrected chi connectivity index (χ4v) is 1.44. The first kappa shape index (κ1) is 14.9. The summed E-state index contributed by atoms with van der Waals surface area (Å²) in [5.41, 5.74) is 0. The fraction of sp³-hybridized carbons (Fsp3) is 0.636. The Balaban J connectivity index is 2.69. The van der Waals surface area contributed by atoms with Gasteiger partial charge in [0.15, 0.2) is 0 Å². The molecular formula is C11H19N5O3. The lowest BCUT2D eigenvalue weighted by Gasteiger charge is -2.18. The topological polar surface area (TPSA) is 89.5 Å². The van der Waals surface area contributed by atoms with Crippen molar-refractivity contribution in [2.75, 3.05) is 39.2 Å². The molecule has 1 aromatic heterocycles. The van der Waals surface area contributed by atoms with Crippen molar-refractivity contribution in [3.63, 3.8) is 0 Å². The summed E-state index contributed by atoms with van der Waals surface area (Å²) in [6.07, 6.45) is 0. The molecule has 106 valence electrons. The van der Waals surface area contributed by atoms with Crippen LogP contribution >= 0.6 is 0 Å². The fourth-order valence-electron chi connectivity index (χ4n) is 1.44. The molecule has 0 unspecified atom stereocenters. The number of anilines is 1. The number of methoxy groups -OCH3 is 2. The van der Waals surface area contributed by atoms with Crippen molar-refractivity contribution >= 4 is 11.9 Å². The van der Waals surface area contributed by atoms with Crippen LogP contribution in [0.15, 0.2) is 0 Å². The standard InChI is InChI=1S/C11H19N5O3/c1-5-16(6-2)8(17)7-12-9-13-10(18-3)15-11(14-9)19-4/h5-7H2,1-4H3,(H,12,13,14,15). The lowest BCUT2D eigenvalue weighted by Crippen LogP contribution is -2.35. The van der Waals surface area contributed by atoms with Crippen LogP contribution in [-0.2, 0) is 4.79 Å². The molecule has 1 aromatic rings. The normalized spacial score (nSPS) is 9.89. The van der Waals surface area contributed by atoms with E-state index in [-0.39, 0.29) is 30.4 Å². The number of amides is 1. The second-order valence-electron chi connectivity index (χ2n) is 3.55. The van der Waals surface area contributed by atoms with Crippen LogP contribution in [0.4, 0.5) is 5.95 Å². The van der Waals surface area contributed by atoms with Crippen LogP contribution in [-0.4, -0.2) is 59.6 Å². The number of aromatic nitrogens is 3. The number of rotatable bonds is 7. The Morgan fingerprint density at radius 2 is 1.63 bits per heavy atom. The molecule has 0 aliphatic heterocycles. The van der Waals surface area contributed by atoms with Crippen LogP contribution in [0.5, 0.6) is 12.0 Å². The minimum Gasteiger partial charge on any atom is -0.467 e. The van der Waals surface area contributed by atoms with Gasteiger partial charge in [-0.2, -0.15) is 9.97 Å². The summed E-state index contributed by atoms with van der Waals surface area (Å²) in [5, 5.41) is 2.83. The Morgan fingerprint density at radius 3 is 2.05 bits per heavy atom. The second-order valence-corrected chi connectivity index (χ2v) is 3.55. The van der Waals surface area contributed by atoms with Crippen LogP contribution in [0, 0.1) is 0 Å². The van der Waals surface area contributed by atoms with Gasteiger partial charge < -0.3 is 19.7 Å². The summed E-state index contributed by atoms with van der Waals surface area (Å²) in [6.45, 7) is 5.30. The van der Waals surface area contributed by atoms with Gasteiger partial charge in [0.1, 0.15) is 0 Å². The third kappa shape index (κ3) is 4.23. The van der Waals surface area contributed by atoms with Crippen molar-refractivity contribution < 1.29 is 14.3 Å². The zero-order valence-electron chi connectivity index (χ0n) is 11.6. The van der Waals surface area contributed by atoms with Crippen molar-refractivity contribution in [2.24, 2.45) is 0 Å². The molecule has 8 heteroatoms. The molecule has 0 saturated heterocycles. The second kappa shape index (κ2) is 7.34. The number of hydrogen-bond donors (Lipinski definition) is 1. The lowest BCUT2D eigenvalue weighted by molar-refractivity contribution is -0.128. The highest BCUT2D eigenvalue weighted by atomic mass is 16.5. The molecular weight excluding hydrogens is 250 g/mol. The molecule has 0 fully saturated rings. The number of ether oxygens (including phenoxy) is 2. The molecule has 0 bridgehead atoms. The molecule has 1 amide bonds. The maximum atomic E-state index is 11.8. The van der Waals surface area contributed by atoms with Crippen LogP contribution in [0.1, 0.15) is 13.8 Å². The molecule has 0 spiro atoms. The van der Waals surface area contributed by atoms with E-state index in [1.807, 2.05) is 13.8 Å².